The summed E-state index contributed by atoms with van der Waals surface area (Å²) in [4.78, 5) is 0. The second-order valence-corrected chi connectivity index (χ2v) is 4.54. The molecule has 0 spiro atoms. The molecule has 80 valence electrons. The molecule has 1 atom stereocenters. The summed E-state index contributed by atoms with van der Waals surface area (Å²) in [6, 6.07) is 9.66. The number of halogens is 1. The van der Waals surface area contributed by atoms with Crippen LogP contribution in [0.5, 0.6) is 0 Å². The molecule has 0 fully saturated rings. The highest BCUT2D eigenvalue weighted by Gasteiger charge is 2.27. The number of nitrogens with one attached hydrogen (secondary N) is 1. The van der Waals surface area contributed by atoms with Gasteiger partial charge in [-0.25, -0.2) is 0 Å². The molecule has 0 saturated heterocycles. The number of hydrogen-bond acceptors (Lipinski definition) is 2. The van der Waals surface area contributed by atoms with Gasteiger partial charge in [0.25, 0.3) is 0 Å². The number of anilines is 1. The minimum atomic E-state index is -0.548. The monoisotopic (exact) mass is 222 g/mol. The van der Waals surface area contributed by atoms with Gasteiger partial charge in [-0.1, -0.05) is 25.4 Å². The molecule has 0 saturated carbocycles. The van der Waals surface area contributed by atoms with Crippen molar-refractivity contribution in [2.24, 2.45) is 5.92 Å². The van der Waals surface area contributed by atoms with Gasteiger partial charge in [0, 0.05) is 10.7 Å². The Bertz CT molecular complexity index is 364. The average Bonchev–Trinajstić information content (AvgIpc) is 2.21. The molecule has 0 amide bonds. The van der Waals surface area contributed by atoms with Crippen molar-refractivity contribution < 1.29 is 0 Å². The Morgan fingerprint density at radius 2 is 1.87 bits per heavy atom. The Balaban J connectivity index is 2.85. The van der Waals surface area contributed by atoms with Crippen LogP contribution in [0, 0.1) is 17.2 Å². The van der Waals surface area contributed by atoms with Crippen molar-refractivity contribution in [2.75, 3.05) is 5.32 Å². The molecule has 0 aliphatic rings. The normalized spacial score (nSPS) is 14.4. The maximum Gasteiger partial charge on any atom is 0.124 e. The maximum absolute atomic E-state index is 9.13. The lowest BCUT2D eigenvalue weighted by molar-refractivity contribution is 0.464. The first-order valence-corrected chi connectivity index (χ1v) is 5.31. The van der Waals surface area contributed by atoms with Crippen LogP contribution in [0.2, 0.25) is 5.02 Å². The summed E-state index contributed by atoms with van der Waals surface area (Å²) in [5.41, 5.74) is 0.366. The molecule has 0 aliphatic heterocycles. The largest absolute Gasteiger partial charge is 0.367 e. The van der Waals surface area contributed by atoms with Gasteiger partial charge in [0.15, 0.2) is 0 Å². The average molecular weight is 223 g/mol. The lowest BCUT2D eigenvalue weighted by atomic mass is 9.90. The highest BCUT2D eigenvalue weighted by Crippen LogP contribution is 2.23. The fourth-order valence-corrected chi connectivity index (χ4v) is 1.26. The second kappa shape index (κ2) is 4.55. The summed E-state index contributed by atoms with van der Waals surface area (Å²) < 4.78 is 0. The molecule has 1 rings (SSSR count). The summed E-state index contributed by atoms with van der Waals surface area (Å²) in [7, 11) is 0. The predicted molar refractivity (Wildman–Crippen MR) is 63.9 cm³/mol. The van der Waals surface area contributed by atoms with Crippen LogP contribution in [0.15, 0.2) is 24.3 Å². The topological polar surface area (TPSA) is 35.8 Å². The Morgan fingerprint density at radius 1 is 1.33 bits per heavy atom. The summed E-state index contributed by atoms with van der Waals surface area (Å²) >= 11 is 5.79. The van der Waals surface area contributed by atoms with Crippen molar-refractivity contribution in [3.8, 4) is 6.07 Å². The minimum absolute atomic E-state index is 0.234. The van der Waals surface area contributed by atoms with Crippen molar-refractivity contribution in [2.45, 2.75) is 26.3 Å². The number of nitriles is 1. The first-order chi connectivity index (χ1) is 6.98. The summed E-state index contributed by atoms with van der Waals surface area (Å²) in [5.74, 6) is 0.234. The van der Waals surface area contributed by atoms with E-state index in [1.54, 1.807) is 0 Å². The first-order valence-electron chi connectivity index (χ1n) is 4.93. The van der Waals surface area contributed by atoms with Gasteiger partial charge in [0.1, 0.15) is 5.54 Å². The summed E-state index contributed by atoms with van der Waals surface area (Å²) in [5, 5.41) is 13.0. The lowest BCUT2D eigenvalue weighted by Gasteiger charge is -2.28. The van der Waals surface area contributed by atoms with E-state index >= 15 is 0 Å². The Labute approximate surface area is 95.9 Å². The van der Waals surface area contributed by atoms with Crippen LogP contribution in [-0.2, 0) is 0 Å². The van der Waals surface area contributed by atoms with E-state index in [2.05, 4.69) is 11.4 Å². The van der Waals surface area contributed by atoms with Gasteiger partial charge in [-0.3, -0.25) is 0 Å². The molecule has 1 aromatic carbocycles. The maximum atomic E-state index is 9.13. The minimum Gasteiger partial charge on any atom is -0.367 e. The van der Waals surface area contributed by atoms with Gasteiger partial charge in [0.2, 0.25) is 0 Å². The van der Waals surface area contributed by atoms with E-state index in [0.717, 1.165) is 5.69 Å². The van der Waals surface area contributed by atoms with E-state index in [1.807, 2.05) is 45.0 Å². The predicted octanol–water partition coefficient (Wildman–Crippen LogP) is 3.69. The third-order valence-electron chi connectivity index (χ3n) is 2.64. The Kier molecular flexibility index (Phi) is 3.60. The SMILES string of the molecule is CC(C)C(C)(C#N)Nc1ccc(Cl)cc1. The molecule has 2 nitrogen and oxygen atoms in total. The smallest absolute Gasteiger partial charge is 0.124 e. The van der Waals surface area contributed by atoms with Crippen LogP contribution >= 0.6 is 11.6 Å². The zero-order chi connectivity index (χ0) is 11.5. The number of nitrogens with zero attached hydrogens (tertiary/aromatic N) is 1. The number of benzene rings is 1. The highest BCUT2D eigenvalue weighted by atomic mass is 35.5. The van der Waals surface area contributed by atoms with Gasteiger partial charge in [-0.15, -0.1) is 0 Å². The molecule has 0 radical (unpaired) electrons. The van der Waals surface area contributed by atoms with E-state index in [4.69, 9.17) is 16.9 Å². The van der Waals surface area contributed by atoms with Crippen LogP contribution < -0.4 is 5.32 Å². The van der Waals surface area contributed by atoms with Crippen molar-refractivity contribution in [1.82, 2.24) is 0 Å². The van der Waals surface area contributed by atoms with Gasteiger partial charge >= 0.3 is 0 Å². The van der Waals surface area contributed by atoms with Crippen LogP contribution in [0.4, 0.5) is 5.69 Å². The van der Waals surface area contributed by atoms with Crippen LogP contribution in [0.3, 0.4) is 0 Å². The lowest BCUT2D eigenvalue weighted by Crippen LogP contribution is -2.38. The summed E-state index contributed by atoms with van der Waals surface area (Å²) in [6.45, 7) is 5.94. The van der Waals surface area contributed by atoms with Crippen molar-refractivity contribution >= 4 is 17.3 Å². The van der Waals surface area contributed by atoms with Crippen molar-refractivity contribution in [3.05, 3.63) is 29.3 Å². The van der Waals surface area contributed by atoms with Crippen LogP contribution in [0.25, 0.3) is 0 Å². The third kappa shape index (κ3) is 2.87. The van der Waals surface area contributed by atoms with Gasteiger partial charge < -0.3 is 5.32 Å². The van der Waals surface area contributed by atoms with Gasteiger partial charge in [-0.2, -0.15) is 5.26 Å². The molecular weight excluding hydrogens is 208 g/mol. The van der Waals surface area contributed by atoms with Gasteiger partial charge in [0.05, 0.1) is 6.07 Å². The van der Waals surface area contributed by atoms with Gasteiger partial charge in [-0.05, 0) is 37.1 Å². The fraction of sp³-hybridized carbons (Fsp3) is 0.417. The Hall–Kier alpha value is -1.20. The highest BCUT2D eigenvalue weighted by molar-refractivity contribution is 6.30. The zero-order valence-electron chi connectivity index (χ0n) is 9.21. The fourth-order valence-electron chi connectivity index (χ4n) is 1.13. The number of hydrogen-bond donors (Lipinski definition) is 1. The standard InChI is InChI=1S/C12H15ClN2/c1-9(2)12(3,8-14)15-11-6-4-10(13)5-7-11/h4-7,9,15H,1-3H3. The molecule has 15 heavy (non-hydrogen) atoms. The van der Waals surface area contributed by atoms with E-state index in [9.17, 15) is 0 Å². The molecule has 0 heterocycles. The summed E-state index contributed by atoms with van der Waals surface area (Å²) in [6.07, 6.45) is 0. The first kappa shape index (κ1) is 11.9. The zero-order valence-corrected chi connectivity index (χ0v) is 9.97. The molecule has 1 unspecified atom stereocenters. The molecular formula is C12H15ClN2. The third-order valence-corrected chi connectivity index (χ3v) is 2.89. The second-order valence-electron chi connectivity index (χ2n) is 4.10. The van der Waals surface area contributed by atoms with Crippen molar-refractivity contribution in [3.63, 3.8) is 0 Å². The van der Waals surface area contributed by atoms with E-state index in [1.165, 1.54) is 0 Å². The quantitative estimate of drug-likeness (QED) is 0.847. The van der Waals surface area contributed by atoms with E-state index in [-0.39, 0.29) is 5.92 Å². The molecule has 0 bridgehead atoms. The molecule has 0 aromatic heterocycles. The van der Waals surface area contributed by atoms with Crippen LogP contribution in [-0.4, -0.2) is 5.54 Å². The molecule has 3 heteroatoms. The molecule has 0 aliphatic carbocycles. The van der Waals surface area contributed by atoms with E-state index < -0.39 is 5.54 Å². The van der Waals surface area contributed by atoms with Crippen molar-refractivity contribution in [1.29, 1.82) is 5.26 Å². The van der Waals surface area contributed by atoms with Crippen LogP contribution in [0.1, 0.15) is 20.8 Å². The molecule has 1 N–H and O–H groups in total. The number of rotatable bonds is 3. The van der Waals surface area contributed by atoms with E-state index in [0.29, 0.717) is 5.02 Å². The molecule has 1 aromatic rings. The Morgan fingerprint density at radius 3 is 2.27 bits per heavy atom.